The third kappa shape index (κ3) is 8.88. The van der Waals surface area contributed by atoms with E-state index in [2.05, 4.69) is 19.2 Å². The Kier molecular flexibility index (Phi) is 11.0. The van der Waals surface area contributed by atoms with Gasteiger partial charge >= 0.3 is 12.1 Å². The predicted molar refractivity (Wildman–Crippen MR) is 122 cm³/mol. The number of halogens is 3. The fourth-order valence-corrected chi connectivity index (χ4v) is 5.37. The van der Waals surface area contributed by atoms with Crippen molar-refractivity contribution in [3.8, 4) is 0 Å². The van der Waals surface area contributed by atoms with Gasteiger partial charge in [0.05, 0.1) is 11.4 Å². The number of benzene rings is 1. The molecule has 1 aromatic carbocycles. The van der Waals surface area contributed by atoms with E-state index in [1.54, 1.807) is 4.90 Å². The van der Waals surface area contributed by atoms with Crippen LogP contribution in [0.1, 0.15) is 37.0 Å². The highest BCUT2D eigenvalue weighted by Gasteiger charge is 2.38. The summed E-state index contributed by atoms with van der Waals surface area (Å²) in [4.78, 5) is 23.7. The fourth-order valence-electron chi connectivity index (χ4n) is 3.55. The van der Waals surface area contributed by atoms with Gasteiger partial charge in [-0.25, -0.2) is 13.2 Å². The molecule has 194 valence electrons. The quantitative estimate of drug-likeness (QED) is 0.586. The highest BCUT2D eigenvalue weighted by molar-refractivity contribution is 7.89. The Hall–Kier alpha value is -2.18. The lowest BCUT2D eigenvalue weighted by Crippen LogP contribution is -2.50. The second-order valence-electron chi connectivity index (χ2n) is 8.68. The standard InChI is InChI=1S/C20H33N3O3S.C2HF3O2/c1-15(2)6-9-23(14-19(24)22-10-7-21-8-11-22)27(25,26)20-17(4)12-16(3)13-18(20)5;3-2(4,5)1(6)7/h12-13,15,21H,6-11,14H2,1-5H3;(H,6,7). The molecule has 0 saturated carbocycles. The molecular weight excluding hydrogens is 475 g/mol. The Morgan fingerprint density at radius 1 is 1.12 bits per heavy atom. The Bertz CT molecular complexity index is 936. The zero-order valence-electron chi connectivity index (χ0n) is 20.2. The summed E-state index contributed by atoms with van der Waals surface area (Å²) < 4.78 is 60.0. The van der Waals surface area contributed by atoms with E-state index in [0.717, 1.165) is 36.2 Å². The molecule has 2 rings (SSSR count). The van der Waals surface area contributed by atoms with Crippen LogP contribution in [0, 0.1) is 26.7 Å². The lowest BCUT2D eigenvalue weighted by molar-refractivity contribution is -0.192. The molecule has 1 aromatic rings. The summed E-state index contributed by atoms with van der Waals surface area (Å²) in [7, 11) is -3.74. The van der Waals surface area contributed by atoms with E-state index >= 15 is 0 Å². The molecule has 0 aromatic heterocycles. The monoisotopic (exact) mass is 509 g/mol. The molecule has 0 bridgehead atoms. The number of carboxylic acid groups (broad SMARTS) is 1. The van der Waals surface area contributed by atoms with Gasteiger partial charge in [-0.3, -0.25) is 4.79 Å². The lowest BCUT2D eigenvalue weighted by atomic mass is 10.1. The molecule has 0 atom stereocenters. The van der Waals surface area contributed by atoms with E-state index < -0.39 is 22.2 Å². The van der Waals surface area contributed by atoms with Crippen molar-refractivity contribution in [3.05, 3.63) is 28.8 Å². The van der Waals surface area contributed by atoms with Crippen molar-refractivity contribution in [1.82, 2.24) is 14.5 Å². The average molecular weight is 510 g/mol. The average Bonchev–Trinajstić information content (AvgIpc) is 2.70. The van der Waals surface area contributed by atoms with Gasteiger partial charge in [-0.1, -0.05) is 31.5 Å². The topological polar surface area (TPSA) is 107 Å². The second kappa shape index (κ2) is 12.5. The first-order valence-electron chi connectivity index (χ1n) is 10.9. The van der Waals surface area contributed by atoms with Crippen LogP contribution in [0.15, 0.2) is 17.0 Å². The third-order valence-electron chi connectivity index (χ3n) is 5.18. The second-order valence-corrected chi connectivity index (χ2v) is 10.6. The van der Waals surface area contributed by atoms with E-state index in [1.807, 2.05) is 32.9 Å². The number of piperazine rings is 1. The van der Waals surface area contributed by atoms with Crippen LogP contribution in [-0.2, 0) is 19.6 Å². The molecule has 34 heavy (non-hydrogen) atoms. The van der Waals surface area contributed by atoms with Gasteiger partial charge in [-0.2, -0.15) is 17.5 Å². The van der Waals surface area contributed by atoms with E-state index in [9.17, 15) is 26.4 Å². The molecule has 1 amide bonds. The zero-order chi connectivity index (χ0) is 26.3. The first-order valence-corrected chi connectivity index (χ1v) is 12.4. The Morgan fingerprint density at radius 2 is 1.59 bits per heavy atom. The number of carboxylic acids is 1. The SMILES string of the molecule is Cc1cc(C)c(S(=O)(=O)N(CCC(C)C)CC(=O)N2CCNCC2)c(C)c1.O=C(O)C(F)(F)F. The number of hydrogen-bond acceptors (Lipinski definition) is 5. The molecule has 0 unspecified atom stereocenters. The molecule has 12 heteroatoms. The minimum atomic E-state index is -5.08. The highest BCUT2D eigenvalue weighted by atomic mass is 32.2. The predicted octanol–water partition coefficient (Wildman–Crippen LogP) is 2.71. The van der Waals surface area contributed by atoms with E-state index in [0.29, 0.717) is 30.4 Å². The molecule has 1 aliphatic rings. The van der Waals surface area contributed by atoms with Crippen molar-refractivity contribution in [2.45, 2.75) is 52.1 Å². The maximum atomic E-state index is 13.5. The van der Waals surface area contributed by atoms with E-state index in [1.165, 1.54) is 4.31 Å². The van der Waals surface area contributed by atoms with Crippen molar-refractivity contribution in [2.24, 2.45) is 5.92 Å². The number of amides is 1. The molecule has 0 spiro atoms. The molecule has 0 radical (unpaired) electrons. The van der Waals surface area contributed by atoms with Crippen LogP contribution in [0.25, 0.3) is 0 Å². The minimum Gasteiger partial charge on any atom is -0.475 e. The first kappa shape index (κ1) is 29.9. The van der Waals surface area contributed by atoms with Gasteiger partial charge in [0, 0.05) is 32.7 Å². The normalized spacial score (nSPS) is 14.7. The number of nitrogens with zero attached hydrogens (tertiary/aromatic N) is 2. The summed E-state index contributed by atoms with van der Waals surface area (Å²) in [6.07, 6.45) is -4.36. The molecule has 0 aliphatic carbocycles. The summed E-state index contributed by atoms with van der Waals surface area (Å²) in [6.45, 7) is 12.7. The molecule has 2 N–H and O–H groups in total. The Labute approximate surface area is 199 Å². The van der Waals surface area contributed by atoms with Crippen LogP contribution >= 0.6 is 0 Å². The number of alkyl halides is 3. The summed E-state index contributed by atoms with van der Waals surface area (Å²) >= 11 is 0. The van der Waals surface area contributed by atoms with Crippen LogP contribution in [0.5, 0.6) is 0 Å². The molecule has 8 nitrogen and oxygen atoms in total. The summed E-state index contributed by atoms with van der Waals surface area (Å²) in [5.41, 5.74) is 2.50. The van der Waals surface area contributed by atoms with Gasteiger partial charge in [-0.05, 0) is 44.2 Å². The number of carbonyl (C=O) groups excluding carboxylic acids is 1. The maximum Gasteiger partial charge on any atom is 0.490 e. The van der Waals surface area contributed by atoms with Crippen molar-refractivity contribution in [1.29, 1.82) is 0 Å². The summed E-state index contributed by atoms with van der Waals surface area (Å²) in [5, 5.41) is 10.3. The fraction of sp³-hybridized carbons (Fsp3) is 0.636. The van der Waals surface area contributed by atoms with Gasteiger partial charge in [0.15, 0.2) is 0 Å². The number of nitrogens with one attached hydrogen (secondary N) is 1. The van der Waals surface area contributed by atoms with Crippen LogP contribution < -0.4 is 5.32 Å². The van der Waals surface area contributed by atoms with Gasteiger partial charge in [0.25, 0.3) is 0 Å². The zero-order valence-corrected chi connectivity index (χ0v) is 21.0. The number of hydrogen-bond donors (Lipinski definition) is 2. The van der Waals surface area contributed by atoms with Crippen LogP contribution in [0.4, 0.5) is 13.2 Å². The van der Waals surface area contributed by atoms with E-state index in [4.69, 9.17) is 9.90 Å². The molecule has 1 aliphatic heterocycles. The molecule has 1 fully saturated rings. The van der Waals surface area contributed by atoms with Crippen molar-refractivity contribution in [3.63, 3.8) is 0 Å². The van der Waals surface area contributed by atoms with Crippen LogP contribution in [0.3, 0.4) is 0 Å². The number of aryl methyl sites for hydroxylation is 3. The number of rotatable bonds is 7. The largest absolute Gasteiger partial charge is 0.490 e. The van der Waals surface area contributed by atoms with Crippen molar-refractivity contribution in [2.75, 3.05) is 39.3 Å². The molecule has 1 heterocycles. The highest BCUT2D eigenvalue weighted by Crippen LogP contribution is 2.26. The van der Waals surface area contributed by atoms with Crippen LogP contribution in [-0.4, -0.2) is 80.1 Å². The van der Waals surface area contributed by atoms with Gasteiger partial charge in [0.1, 0.15) is 0 Å². The summed E-state index contributed by atoms with van der Waals surface area (Å²) in [5.74, 6) is -2.52. The summed E-state index contributed by atoms with van der Waals surface area (Å²) in [6, 6.07) is 3.78. The Morgan fingerprint density at radius 3 is 2.00 bits per heavy atom. The maximum absolute atomic E-state index is 13.5. The van der Waals surface area contributed by atoms with Crippen LogP contribution in [0.2, 0.25) is 0 Å². The third-order valence-corrected chi connectivity index (χ3v) is 7.33. The van der Waals surface area contributed by atoms with E-state index in [-0.39, 0.29) is 12.5 Å². The van der Waals surface area contributed by atoms with Gasteiger partial charge in [-0.15, -0.1) is 0 Å². The molecular formula is C22H34F3N3O5S. The van der Waals surface area contributed by atoms with Gasteiger partial charge < -0.3 is 15.3 Å². The number of carbonyl (C=O) groups is 2. The number of aliphatic carboxylic acids is 1. The van der Waals surface area contributed by atoms with Crippen molar-refractivity contribution < 1.29 is 36.3 Å². The van der Waals surface area contributed by atoms with Crippen molar-refractivity contribution >= 4 is 21.9 Å². The Balaban J connectivity index is 0.000000718. The lowest BCUT2D eigenvalue weighted by Gasteiger charge is -2.31. The minimum absolute atomic E-state index is 0.0954. The van der Waals surface area contributed by atoms with Gasteiger partial charge in [0.2, 0.25) is 15.9 Å². The molecule has 1 saturated heterocycles. The smallest absolute Gasteiger partial charge is 0.475 e. The first-order chi connectivity index (χ1) is 15.6. The number of sulfonamides is 1.